The van der Waals surface area contributed by atoms with E-state index in [0.717, 1.165) is 12.8 Å². The minimum atomic E-state index is -0.480. The number of ether oxygens (including phenoxy) is 2. The highest BCUT2D eigenvalue weighted by Gasteiger charge is 2.15. The topological polar surface area (TPSA) is 61.6 Å². The Hall–Kier alpha value is -2.14. The van der Waals surface area contributed by atoms with Gasteiger partial charge in [-0.05, 0) is 49.6 Å². The number of rotatable bonds is 7. The maximum Gasteiger partial charge on any atom is 0.373 e. The van der Waals surface area contributed by atoms with Gasteiger partial charge in [-0.25, -0.2) is 4.79 Å². The van der Waals surface area contributed by atoms with Crippen molar-refractivity contribution >= 4 is 5.97 Å². The van der Waals surface area contributed by atoms with E-state index in [1.165, 1.54) is 12.7 Å². The van der Waals surface area contributed by atoms with Gasteiger partial charge in [-0.1, -0.05) is 0 Å². The molecule has 2 rings (SSSR count). The average molecular weight is 289 g/mol. The summed E-state index contributed by atoms with van der Waals surface area (Å²) in [5.41, 5.74) is 1.24. The number of aryl methyl sites for hydroxylation is 1. The molecule has 0 radical (unpaired) electrons. The summed E-state index contributed by atoms with van der Waals surface area (Å²) in [6.07, 6.45) is 5.24. The van der Waals surface area contributed by atoms with Gasteiger partial charge in [0.05, 0.1) is 7.11 Å². The van der Waals surface area contributed by atoms with Crippen LogP contribution in [0.4, 0.5) is 0 Å². The summed E-state index contributed by atoms with van der Waals surface area (Å²) in [4.78, 5) is 15.3. The van der Waals surface area contributed by atoms with E-state index >= 15 is 0 Å². The zero-order chi connectivity index (χ0) is 15.1. The molecule has 112 valence electrons. The monoisotopic (exact) mass is 289 g/mol. The molecule has 0 spiro atoms. The lowest BCUT2D eigenvalue weighted by molar-refractivity contribution is 0.0439. The number of carbonyl (C=O) groups excluding carboxylic acids is 1. The Morgan fingerprint density at radius 3 is 2.76 bits per heavy atom. The zero-order valence-electron chi connectivity index (χ0n) is 12.2. The third kappa shape index (κ3) is 4.43. The zero-order valence-corrected chi connectivity index (χ0v) is 12.2. The molecule has 0 fully saturated rings. The third-order valence-corrected chi connectivity index (χ3v) is 3.14. The molecule has 0 saturated heterocycles. The quantitative estimate of drug-likeness (QED) is 0.578. The smallest absolute Gasteiger partial charge is 0.373 e. The van der Waals surface area contributed by atoms with Crippen LogP contribution < -0.4 is 0 Å². The van der Waals surface area contributed by atoms with Crippen molar-refractivity contribution in [1.29, 1.82) is 0 Å². The van der Waals surface area contributed by atoms with Crippen LogP contribution in [0.15, 0.2) is 41.1 Å². The van der Waals surface area contributed by atoms with Gasteiger partial charge in [0.1, 0.15) is 11.9 Å². The Morgan fingerprint density at radius 1 is 1.29 bits per heavy atom. The largest absolute Gasteiger partial charge is 0.463 e. The normalized spacial score (nSPS) is 12.1. The van der Waals surface area contributed by atoms with E-state index in [4.69, 9.17) is 9.15 Å². The summed E-state index contributed by atoms with van der Waals surface area (Å²) < 4.78 is 15.7. The van der Waals surface area contributed by atoms with Crippen molar-refractivity contribution in [2.75, 3.05) is 13.7 Å². The Balaban J connectivity index is 1.75. The highest BCUT2D eigenvalue weighted by molar-refractivity contribution is 5.86. The van der Waals surface area contributed by atoms with Gasteiger partial charge in [-0.15, -0.1) is 0 Å². The van der Waals surface area contributed by atoms with Gasteiger partial charge in [-0.3, -0.25) is 4.98 Å². The molecule has 5 heteroatoms. The number of carbonyl (C=O) groups is 1. The van der Waals surface area contributed by atoms with E-state index in [-0.39, 0.29) is 11.9 Å². The van der Waals surface area contributed by atoms with E-state index in [1.54, 1.807) is 24.5 Å². The second-order valence-electron chi connectivity index (χ2n) is 4.67. The number of pyridine rings is 1. The average Bonchev–Trinajstić information content (AvgIpc) is 3.01. The SMILES string of the molecule is COC(=O)c1ccc(C(C)OCCCc2ccncc2)o1. The number of methoxy groups -OCH3 is 1. The minimum absolute atomic E-state index is 0.194. The highest BCUT2D eigenvalue weighted by atomic mass is 16.5. The van der Waals surface area contributed by atoms with Crippen molar-refractivity contribution in [1.82, 2.24) is 4.98 Å². The van der Waals surface area contributed by atoms with Gasteiger partial charge in [0, 0.05) is 19.0 Å². The molecular formula is C16H19NO4. The summed E-state index contributed by atoms with van der Waals surface area (Å²) in [7, 11) is 1.32. The fraction of sp³-hybridized carbons (Fsp3) is 0.375. The van der Waals surface area contributed by atoms with Gasteiger partial charge in [-0.2, -0.15) is 0 Å². The summed E-state index contributed by atoms with van der Waals surface area (Å²) >= 11 is 0. The lowest BCUT2D eigenvalue weighted by Gasteiger charge is -2.10. The van der Waals surface area contributed by atoms with E-state index < -0.39 is 5.97 Å². The molecule has 0 bridgehead atoms. The van der Waals surface area contributed by atoms with Gasteiger partial charge in [0.25, 0.3) is 0 Å². The van der Waals surface area contributed by atoms with Gasteiger partial charge in [0.15, 0.2) is 0 Å². The van der Waals surface area contributed by atoms with Crippen molar-refractivity contribution in [3.05, 3.63) is 53.7 Å². The molecule has 1 atom stereocenters. The van der Waals surface area contributed by atoms with Crippen LogP contribution in [-0.2, 0) is 15.9 Å². The lowest BCUT2D eigenvalue weighted by Crippen LogP contribution is -2.02. The molecule has 0 aliphatic heterocycles. The Morgan fingerprint density at radius 2 is 2.05 bits per heavy atom. The first-order valence-corrected chi connectivity index (χ1v) is 6.89. The molecule has 0 aliphatic carbocycles. The number of furan rings is 1. The molecular weight excluding hydrogens is 270 g/mol. The molecule has 2 aromatic heterocycles. The molecule has 5 nitrogen and oxygen atoms in total. The Kier molecular flexibility index (Phi) is 5.51. The Labute approximate surface area is 123 Å². The number of nitrogens with zero attached hydrogens (tertiary/aromatic N) is 1. The van der Waals surface area contributed by atoms with Crippen LogP contribution in [0.3, 0.4) is 0 Å². The van der Waals surface area contributed by atoms with Crippen molar-refractivity contribution in [2.24, 2.45) is 0 Å². The van der Waals surface area contributed by atoms with E-state index in [2.05, 4.69) is 9.72 Å². The van der Waals surface area contributed by atoms with Crippen LogP contribution in [0.1, 0.15) is 41.3 Å². The molecule has 1 unspecified atom stereocenters. The molecule has 0 N–H and O–H groups in total. The predicted molar refractivity (Wildman–Crippen MR) is 77.0 cm³/mol. The number of esters is 1. The van der Waals surface area contributed by atoms with Gasteiger partial charge < -0.3 is 13.9 Å². The molecule has 0 saturated carbocycles. The van der Waals surface area contributed by atoms with Gasteiger partial charge in [0.2, 0.25) is 5.76 Å². The fourth-order valence-electron chi connectivity index (χ4n) is 1.95. The second-order valence-corrected chi connectivity index (χ2v) is 4.67. The third-order valence-electron chi connectivity index (χ3n) is 3.14. The molecule has 0 aliphatic rings. The predicted octanol–water partition coefficient (Wildman–Crippen LogP) is 3.17. The van der Waals surface area contributed by atoms with E-state index in [1.807, 2.05) is 19.1 Å². The van der Waals surface area contributed by atoms with Crippen molar-refractivity contribution < 1.29 is 18.7 Å². The number of hydrogen-bond donors (Lipinski definition) is 0. The molecule has 21 heavy (non-hydrogen) atoms. The maximum absolute atomic E-state index is 11.3. The first-order valence-electron chi connectivity index (χ1n) is 6.89. The summed E-state index contributed by atoms with van der Waals surface area (Å²) in [5.74, 6) is 0.338. The second kappa shape index (κ2) is 7.59. The van der Waals surface area contributed by atoms with Crippen LogP contribution in [0.5, 0.6) is 0 Å². The number of hydrogen-bond acceptors (Lipinski definition) is 5. The standard InChI is InChI=1S/C16H19NO4/c1-12(14-5-6-15(21-14)16(18)19-2)20-11-3-4-13-7-9-17-10-8-13/h5-10,12H,3-4,11H2,1-2H3. The fourth-order valence-corrected chi connectivity index (χ4v) is 1.95. The van der Waals surface area contributed by atoms with Gasteiger partial charge >= 0.3 is 5.97 Å². The van der Waals surface area contributed by atoms with Crippen LogP contribution in [0.25, 0.3) is 0 Å². The minimum Gasteiger partial charge on any atom is -0.463 e. The molecule has 0 amide bonds. The maximum atomic E-state index is 11.3. The van der Waals surface area contributed by atoms with Crippen molar-refractivity contribution in [2.45, 2.75) is 25.9 Å². The summed E-state index contributed by atoms with van der Waals surface area (Å²) in [5, 5.41) is 0. The van der Waals surface area contributed by atoms with Crippen molar-refractivity contribution in [3.63, 3.8) is 0 Å². The molecule has 0 aromatic carbocycles. The van der Waals surface area contributed by atoms with Crippen LogP contribution >= 0.6 is 0 Å². The highest BCUT2D eigenvalue weighted by Crippen LogP contribution is 2.20. The summed E-state index contributed by atoms with van der Waals surface area (Å²) in [6, 6.07) is 7.33. The Bertz CT molecular complexity index is 565. The van der Waals surface area contributed by atoms with E-state index in [9.17, 15) is 4.79 Å². The summed E-state index contributed by atoms with van der Waals surface area (Å²) in [6.45, 7) is 2.52. The first-order chi connectivity index (χ1) is 10.2. The molecule has 2 aromatic rings. The van der Waals surface area contributed by atoms with Crippen molar-refractivity contribution in [3.8, 4) is 0 Å². The van der Waals surface area contributed by atoms with Crippen LogP contribution in [-0.4, -0.2) is 24.7 Å². The van der Waals surface area contributed by atoms with Crippen LogP contribution in [0.2, 0.25) is 0 Å². The first kappa shape index (κ1) is 15.3. The lowest BCUT2D eigenvalue weighted by atomic mass is 10.1. The molecule has 2 heterocycles. The van der Waals surface area contributed by atoms with E-state index in [0.29, 0.717) is 12.4 Å². The van der Waals surface area contributed by atoms with Crippen LogP contribution in [0, 0.1) is 0 Å². The number of aromatic nitrogens is 1.